The van der Waals surface area contributed by atoms with Crippen molar-refractivity contribution < 1.29 is 35.8 Å². The van der Waals surface area contributed by atoms with Gasteiger partial charge in [0.05, 0.1) is 0 Å². The summed E-state index contributed by atoms with van der Waals surface area (Å²) < 4.78 is 76.8. The van der Waals surface area contributed by atoms with E-state index in [0.29, 0.717) is 0 Å². The summed E-state index contributed by atoms with van der Waals surface area (Å²) in [5, 5.41) is 0. The molecule has 132 valence electrons. The van der Waals surface area contributed by atoms with Gasteiger partial charge in [-0.2, -0.15) is 0 Å². The first-order valence-electron chi connectivity index (χ1n) is 6.30. The third-order valence-corrected chi connectivity index (χ3v) is 2.60. The molecular formula is C15H11ClF6O2. The van der Waals surface area contributed by atoms with E-state index in [-0.39, 0.29) is 17.4 Å². The monoisotopic (exact) mass is 372 g/mol. The predicted molar refractivity (Wildman–Crippen MR) is 75.8 cm³/mol. The molecule has 9 heteroatoms. The lowest BCUT2D eigenvalue weighted by atomic mass is 10.2. The molecule has 0 spiro atoms. The largest absolute Gasteiger partial charge is 0.573 e. The molecule has 0 heterocycles. The van der Waals surface area contributed by atoms with Crippen LogP contribution in [0.1, 0.15) is 5.56 Å². The zero-order valence-corrected chi connectivity index (χ0v) is 12.6. The van der Waals surface area contributed by atoms with Crippen LogP contribution in [0, 0.1) is 0 Å². The molecule has 0 saturated carbocycles. The average molecular weight is 373 g/mol. The summed E-state index contributed by atoms with van der Waals surface area (Å²) in [7, 11) is 0. The second-order valence-electron chi connectivity index (χ2n) is 4.19. The minimum atomic E-state index is -4.64. The molecule has 2 aromatic carbocycles. The molecule has 2 nitrogen and oxygen atoms in total. The fourth-order valence-electron chi connectivity index (χ4n) is 1.40. The van der Waals surface area contributed by atoms with Gasteiger partial charge in [-0.25, -0.2) is 0 Å². The summed E-state index contributed by atoms with van der Waals surface area (Å²) in [6.45, 7) is 0. The van der Waals surface area contributed by atoms with Gasteiger partial charge in [-0.3, -0.25) is 0 Å². The van der Waals surface area contributed by atoms with Crippen molar-refractivity contribution in [2.45, 2.75) is 18.6 Å². The Bertz CT molecular complexity index is 596. The van der Waals surface area contributed by atoms with Gasteiger partial charge in [0.1, 0.15) is 11.5 Å². The molecule has 0 saturated heterocycles. The first-order valence-corrected chi connectivity index (χ1v) is 6.84. The summed E-state index contributed by atoms with van der Waals surface area (Å²) in [5.74, 6) is -0.159. The zero-order valence-electron chi connectivity index (χ0n) is 11.9. The second kappa shape index (κ2) is 8.68. The van der Waals surface area contributed by atoms with Crippen LogP contribution in [0.5, 0.6) is 11.5 Å². The molecule has 0 aliphatic heterocycles. The number of rotatable bonds is 3. The van der Waals surface area contributed by atoms with Gasteiger partial charge in [0.15, 0.2) is 0 Å². The molecule has 0 fully saturated rings. The first kappa shape index (κ1) is 20.0. The number of hydrogen-bond donors (Lipinski definition) is 0. The van der Waals surface area contributed by atoms with Gasteiger partial charge >= 0.3 is 12.7 Å². The van der Waals surface area contributed by atoms with Crippen LogP contribution in [0.2, 0.25) is 0 Å². The van der Waals surface area contributed by atoms with E-state index in [2.05, 4.69) is 9.47 Å². The number of ether oxygens (including phenoxy) is 2. The van der Waals surface area contributed by atoms with Gasteiger partial charge in [0, 0.05) is 5.88 Å². The molecule has 0 bridgehead atoms. The lowest BCUT2D eigenvalue weighted by Crippen LogP contribution is -2.16. The predicted octanol–water partition coefficient (Wildman–Crippen LogP) is 5.91. The minimum Gasteiger partial charge on any atom is -0.406 e. The quantitative estimate of drug-likeness (QED) is 0.492. The fraction of sp³-hybridized carbons (Fsp3) is 0.200. The Hall–Kier alpha value is -2.09. The molecule has 2 rings (SSSR count). The minimum absolute atomic E-state index is 0.194. The van der Waals surface area contributed by atoms with Gasteiger partial charge < -0.3 is 9.47 Å². The maximum Gasteiger partial charge on any atom is 0.573 e. The SMILES string of the molecule is FC(F)(F)Oc1ccc(CCl)cc1.FC(F)(F)Oc1ccccc1. The van der Waals surface area contributed by atoms with E-state index in [9.17, 15) is 26.3 Å². The van der Waals surface area contributed by atoms with Crippen LogP contribution in [0.4, 0.5) is 26.3 Å². The molecule has 0 atom stereocenters. The van der Waals surface area contributed by atoms with E-state index in [0.717, 1.165) is 5.56 Å². The van der Waals surface area contributed by atoms with Crippen molar-refractivity contribution in [2.75, 3.05) is 0 Å². The van der Waals surface area contributed by atoms with Gasteiger partial charge in [-0.15, -0.1) is 37.9 Å². The number of para-hydroxylation sites is 1. The normalized spacial score (nSPS) is 11.3. The van der Waals surface area contributed by atoms with E-state index >= 15 is 0 Å². The van der Waals surface area contributed by atoms with Gasteiger partial charge in [-0.1, -0.05) is 30.3 Å². The Balaban J connectivity index is 0.000000243. The molecule has 0 amide bonds. The van der Waals surface area contributed by atoms with Crippen molar-refractivity contribution in [3.63, 3.8) is 0 Å². The van der Waals surface area contributed by atoms with Crippen molar-refractivity contribution in [3.8, 4) is 11.5 Å². The van der Waals surface area contributed by atoms with Crippen molar-refractivity contribution in [1.29, 1.82) is 0 Å². The molecule has 2 aromatic rings. The summed E-state index contributed by atoms with van der Waals surface area (Å²) in [6, 6.07) is 12.5. The smallest absolute Gasteiger partial charge is 0.406 e. The Morgan fingerprint density at radius 3 is 1.46 bits per heavy atom. The summed E-state index contributed by atoms with van der Waals surface area (Å²) >= 11 is 5.45. The highest BCUT2D eigenvalue weighted by Gasteiger charge is 2.31. The van der Waals surface area contributed by atoms with Crippen LogP contribution in [0.3, 0.4) is 0 Å². The highest BCUT2D eigenvalue weighted by atomic mass is 35.5. The van der Waals surface area contributed by atoms with E-state index < -0.39 is 12.7 Å². The number of hydrogen-bond acceptors (Lipinski definition) is 2. The molecule has 0 aliphatic carbocycles. The third-order valence-electron chi connectivity index (χ3n) is 2.29. The topological polar surface area (TPSA) is 18.5 Å². The molecular weight excluding hydrogens is 362 g/mol. The Kier molecular flexibility index (Phi) is 7.21. The highest BCUT2D eigenvalue weighted by Crippen LogP contribution is 2.23. The molecule has 24 heavy (non-hydrogen) atoms. The standard InChI is InChI=1S/C8H6ClF3O.C7H5F3O/c9-5-6-1-3-7(4-2-6)13-8(10,11)12;8-7(9,10)11-6-4-2-1-3-5-6/h1-4H,5H2;1-5H. The maximum absolute atomic E-state index is 11.7. The lowest BCUT2D eigenvalue weighted by molar-refractivity contribution is -0.275. The molecule has 0 unspecified atom stereocenters. The van der Waals surface area contributed by atoms with Crippen LogP contribution in [0.25, 0.3) is 0 Å². The van der Waals surface area contributed by atoms with Gasteiger partial charge in [0.2, 0.25) is 0 Å². The average Bonchev–Trinajstić information content (AvgIpc) is 2.46. The first-order chi connectivity index (χ1) is 11.1. The van der Waals surface area contributed by atoms with E-state index in [1.54, 1.807) is 6.07 Å². The molecule has 0 aromatic heterocycles. The summed E-state index contributed by atoms with van der Waals surface area (Å²) in [4.78, 5) is 0. The lowest BCUT2D eigenvalue weighted by Gasteiger charge is -2.08. The van der Waals surface area contributed by atoms with Crippen LogP contribution in [0.15, 0.2) is 54.6 Å². The Labute approximate surface area is 138 Å². The summed E-state index contributed by atoms with van der Waals surface area (Å²) in [6.07, 6.45) is -9.23. The number of alkyl halides is 7. The van der Waals surface area contributed by atoms with Crippen molar-refractivity contribution in [2.24, 2.45) is 0 Å². The molecule has 0 radical (unpaired) electrons. The van der Waals surface area contributed by atoms with Crippen molar-refractivity contribution in [1.82, 2.24) is 0 Å². The second-order valence-corrected chi connectivity index (χ2v) is 4.45. The van der Waals surface area contributed by atoms with E-state index in [1.165, 1.54) is 48.5 Å². The van der Waals surface area contributed by atoms with Crippen LogP contribution >= 0.6 is 11.6 Å². The van der Waals surface area contributed by atoms with Crippen LogP contribution in [-0.4, -0.2) is 12.7 Å². The highest BCUT2D eigenvalue weighted by molar-refractivity contribution is 6.17. The van der Waals surface area contributed by atoms with Gasteiger partial charge in [0.25, 0.3) is 0 Å². The Morgan fingerprint density at radius 1 is 0.667 bits per heavy atom. The maximum atomic E-state index is 11.7. The third kappa shape index (κ3) is 9.14. The number of benzene rings is 2. The van der Waals surface area contributed by atoms with E-state index in [1.807, 2.05) is 0 Å². The fourth-order valence-corrected chi connectivity index (χ4v) is 1.58. The molecule has 0 N–H and O–H groups in total. The molecule has 0 aliphatic rings. The summed E-state index contributed by atoms with van der Waals surface area (Å²) in [5.41, 5.74) is 0.746. The van der Waals surface area contributed by atoms with Gasteiger partial charge in [-0.05, 0) is 29.8 Å². The van der Waals surface area contributed by atoms with Crippen molar-refractivity contribution >= 4 is 11.6 Å². The van der Waals surface area contributed by atoms with Crippen LogP contribution in [-0.2, 0) is 5.88 Å². The zero-order chi connectivity index (χ0) is 18.2. The Morgan fingerprint density at radius 2 is 1.08 bits per heavy atom. The van der Waals surface area contributed by atoms with Crippen LogP contribution < -0.4 is 9.47 Å². The van der Waals surface area contributed by atoms with Crippen molar-refractivity contribution in [3.05, 3.63) is 60.2 Å². The number of halogens is 7. The van der Waals surface area contributed by atoms with E-state index in [4.69, 9.17) is 11.6 Å².